The standard InChI is InChI=1S/C22H33N3O2.ClH/c1-23(19-10-5-3-6-11-19)14-9-15-25(20-12-7-4-8-13-20)22(27)18-16-21(26)24(2)17-18;/h4,7-8,12-13,18-19H,3,5-6,9-11,14-17H2,1-2H3;1H. The Balaban J connectivity index is 0.00000280. The van der Waals surface area contributed by atoms with Gasteiger partial charge in [0.15, 0.2) is 0 Å². The highest BCUT2D eigenvalue weighted by Gasteiger charge is 2.35. The van der Waals surface area contributed by atoms with E-state index in [1.54, 1.807) is 11.9 Å². The van der Waals surface area contributed by atoms with Crippen molar-refractivity contribution in [2.75, 3.05) is 38.6 Å². The number of carbonyl (C=O) groups is 2. The summed E-state index contributed by atoms with van der Waals surface area (Å²) < 4.78 is 0. The summed E-state index contributed by atoms with van der Waals surface area (Å²) in [4.78, 5) is 31.1. The van der Waals surface area contributed by atoms with Crippen molar-refractivity contribution < 1.29 is 9.59 Å². The lowest BCUT2D eigenvalue weighted by Crippen LogP contribution is -2.40. The maximum atomic E-state index is 13.1. The first-order valence-corrected chi connectivity index (χ1v) is 10.4. The van der Waals surface area contributed by atoms with E-state index in [4.69, 9.17) is 0 Å². The number of hydrogen-bond donors (Lipinski definition) is 0. The second-order valence-electron chi connectivity index (χ2n) is 8.13. The molecule has 1 atom stereocenters. The Labute approximate surface area is 175 Å². The topological polar surface area (TPSA) is 43.9 Å². The SMILES string of the molecule is CN1CC(C(=O)N(CCCN(C)C2CCCCC2)c2ccccc2)CC1=O.Cl. The molecule has 1 aromatic carbocycles. The predicted octanol–water partition coefficient (Wildman–Crippen LogP) is 3.57. The van der Waals surface area contributed by atoms with Crippen LogP contribution in [0.25, 0.3) is 0 Å². The quantitative estimate of drug-likeness (QED) is 0.693. The number of nitrogens with zero attached hydrogens (tertiary/aromatic N) is 3. The van der Waals surface area contributed by atoms with E-state index in [-0.39, 0.29) is 30.1 Å². The minimum Gasteiger partial charge on any atom is -0.345 e. The maximum absolute atomic E-state index is 13.1. The van der Waals surface area contributed by atoms with Gasteiger partial charge in [0.1, 0.15) is 0 Å². The highest BCUT2D eigenvalue weighted by Crippen LogP contribution is 2.24. The summed E-state index contributed by atoms with van der Waals surface area (Å²) in [5.74, 6) is -0.0728. The van der Waals surface area contributed by atoms with Gasteiger partial charge in [0.25, 0.3) is 0 Å². The first-order chi connectivity index (χ1) is 13.1. The number of likely N-dealkylation sites (tertiary alicyclic amines) is 1. The van der Waals surface area contributed by atoms with E-state index in [1.165, 1.54) is 32.1 Å². The zero-order valence-electron chi connectivity index (χ0n) is 17.2. The zero-order valence-corrected chi connectivity index (χ0v) is 18.0. The molecule has 5 nitrogen and oxygen atoms in total. The van der Waals surface area contributed by atoms with Crippen LogP contribution in [0.2, 0.25) is 0 Å². The van der Waals surface area contributed by atoms with Crippen molar-refractivity contribution in [3.63, 3.8) is 0 Å². The van der Waals surface area contributed by atoms with E-state index in [9.17, 15) is 9.59 Å². The monoisotopic (exact) mass is 407 g/mol. The molecule has 0 aromatic heterocycles. The Hall–Kier alpha value is -1.59. The summed E-state index contributed by atoms with van der Waals surface area (Å²) in [6, 6.07) is 10.6. The zero-order chi connectivity index (χ0) is 19.2. The summed E-state index contributed by atoms with van der Waals surface area (Å²) in [6.07, 6.45) is 7.93. The molecule has 0 bridgehead atoms. The predicted molar refractivity (Wildman–Crippen MR) is 116 cm³/mol. The maximum Gasteiger partial charge on any atom is 0.232 e. The van der Waals surface area contributed by atoms with E-state index < -0.39 is 0 Å². The molecule has 0 N–H and O–H groups in total. The highest BCUT2D eigenvalue weighted by atomic mass is 35.5. The molecule has 2 aliphatic rings. The first kappa shape index (κ1) is 22.7. The lowest BCUT2D eigenvalue weighted by Gasteiger charge is -2.32. The molecule has 1 aliphatic carbocycles. The Morgan fingerprint density at radius 1 is 1.11 bits per heavy atom. The number of carbonyl (C=O) groups excluding carboxylic acids is 2. The summed E-state index contributed by atoms with van der Waals surface area (Å²) in [5, 5.41) is 0. The molecule has 6 heteroatoms. The molecule has 3 rings (SSSR count). The lowest BCUT2D eigenvalue weighted by molar-refractivity contribution is -0.127. The molecule has 2 fully saturated rings. The van der Waals surface area contributed by atoms with Gasteiger partial charge in [-0.25, -0.2) is 0 Å². The lowest BCUT2D eigenvalue weighted by atomic mass is 9.94. The average molecular weight is 408 g/mol. The Kier molecular flexibility index (Phi) is 8.77. The largest absolute Gasteiger partial charge is 0.345 e. The molecule has 1 saturated heterocycles. The Morgan fingerprint density at radius 2 is 1.79 bits per heavy atom. The van der Waals surface area contributed by atoms with Crippen molar-refractivity contribution in [2.45, 2.75) is 51.0 Å². The molecule has 1 unspecified atom stereocenters. The van der Waals surface area contributed by atoms with Crippen molar-refractivity contribution in [2.24, 2.45) is 5.92 Å². The Morgan fingerprint density at radius 3 is 2.39 bits per heavy atom. The van der Waals surface area contributed by atoms with Gasteiger partial charge in [0.05, 0.1) is 5.92 Å². The van der Waals surface area contributed by atoms with Crippen molar-refractivity contribution >= 4 is 29.9 Å². The van der Waals surface area contributed by atoms with Crippen molar-refractivity contribution in [3.05, 3.63) is 30.3 Å². The molecule has 1 aliphatic heterocycles. The van der Waals surface area contributed by atoms with Gasteiger partial charge >= 0.3 is 0 Å². The fourth-order valence-corrected chi connectivity index (χ4v) is 4.41. The van der Waals surface area contributed by atoms with Crippen molar-refractivity contribution in [1.29, 1.82) is 0 Å². The molecular formula is C22H34ClN3O2. The van der Waals surface area contributed by atoms with Crippen LogP contribution < -0.4 is 4.90 Å². The van der Waals surface area contributed by atoms with Crippen LogP contribution >= 0.6 is 12.4 Å². The molecule has 2 amide bonds. The van der Waals surface area contributed by atoms with Gasteiger partial charge in [0.2, 0.25) is 11.8 Å². The summed E-state index contributed by atoms with van der Waals surface area (Å²) in [5.41, 5.74) is 0.935. The van der Waals surface area contributed by atoms with Crippen LogP contribution in [-0.4, -0.2) is 61.4 Å². The van der Waals surface area contributed by atoms with Gasteiger partial charge in [-0.1, -0.05) is 37.5 Å². The minimum atomic E-state index is -0.223. The van der Waals surface area contributed by atoms with E-state index in [2.05, 4.69) is 11.9 Å². The number of para-hydroxylation sites is 1. The van der Waals surface area contributed by atoms with Crippen molar-refractivity contribution in [1.82, 2.24) is 9.80 Å². The molecule has 1 heterocycles. The smallest absolute Gasteiger partial charge is 0.232 e. The van der Waals surface area contributed by atoms with E-state index in [1.807, 2.05) is 35.2 Å². The second kappa shape index (κ2) is 10.8. The van der Waals surface area contributed by atoms with Crippen LogP contribution in [0, 0.1) is 5.92 Å². The third-order valence-corrected chi connectivity index (χ3v) is 6.11. The summed E-state index contributed by atoms with van der Waals surface area (Å²) in [6.45, 7) is 2.24. The van der Waals surface area contributed by atoms with Crippen LogP contribution in [0.5, 0.6) is 0 Å². The van der Waals surface area contributed by atoms with E-state index >= 15 is 0 Å². The number of hydrogen-bond acceptors (Lipinski definition) is 3. The van der Waals surface area contributed by atoms with Crippen molar-refractivity contribution in [3.8, 4) is 0 Å². The molecule has 1 saturated carbocycles. The average Bonchev–Trinajstić information content (AvgIpc) is 3.04. The highest BCUT2D eigenvalue weighted by molar-refractivity contribution is 5.98. The van der Waals surface area contributed by atoms with E-state index in [0.717, 1.165) is 18.7 Å². The number of anilines is 1. The molecule has 1 aromatic rings. The van der Waals surface area contributed by atoms with Gasteiger partial charge in [-0.2, -0.15) is 0 Å². The van der Waals surface area contributed by atoms with Gasteiger partial charge in [-0.15, -0.1) is 12.4 Å². The fourth-order valence-electron chi connectivity index (χ4n) is 4.41. The Bertz CT molecular complexity index is 634. The van der Waals surface area contributed by atoms with Gasteiger partial charge in [-0.3, -0.25) is 9.59 Å². The van der Waals surface area contributed by atoms with Gasteiger partial charge in [0, 0.05) is 38.3 Å². The van der Waals surface area contributed by atoms with Crippen LogP contribution in [-0.2, 0) is 9.59 Å². The van der Waals surface area contributed by atoms with Crippen LogP contribution in [0.15, 0.2) is 30.3 Å². The molecule has 0 spiro atoms. The van der Waals surface area contributed by atoms with Crippen LogP contribution in [0.1, 0.15) is 44.9 Å². The number of halogens is 1. The number of amides is 2. The van der Waals surface area contributed by atoms with Gasteiger partial charge in [-0.05, 0) is 45.0 Å². The third kappa shape index (κ3) is 5.71. The van der Waals surface area contributed by atoms with Crippen LogP contribution in [0.3, 0.4) is 0 Å². The summed E-state index contributed by atoms with van der Waals surface area (Å²) >= 11 is 0. The molecule has 0 radical (unpaired) electrons. The number of benzene rings is 1. The van der Waals surface area contributed by atoms with E-state index in [0.29, 0.717) is 25.6 Å². The van der Waals surface area contributed by atoms with Gasteiger partial charge < -0.3 is 14.7 Å². The number of rotatable bonds is 7. The fraction of sp³-hybridized carbons (Fsp3) is 0.636. The normalized spacial score (nSPS) is 20.3. The van der Waals surface area contributed by atoms with Crippen LogP contribution in [0.4, 0.5) is 5.69 Å². The second-order valence-corrected chi connectivity index (χ2v) is 8.13. The summed E-state index contributed by atoms with van der Waals surface area (Å²) in [7, 11) is 4.00. The molecule has 156 valence electrons. The molecule has 28 heavy (non-hydrogen) atoms. The third-order valence-electron chi connectivity index (χ3n) is 6.11. The molecular weight excluding hydrogens is 374 g/mol. The minimum absolute atomic E-state index is 0. The first-order valence-electron chi connectivity index (χ1n) is 10.4.